The van der Waals surface area contributed by atoms with E-state index in [-0.39, 0.29) is 42.0 Å². The molecule has 4 fully saturated rings. The summed E-state index contributed by atoms with van der Waals surface area (Å²) in [4.78, 5) is 22.8. The fourth-order valence-electron chi connectivity index (χ4n) is 9.05. The highest BCUT2D eigenvalue weighted by molar-refractivity contribution is 5.71. The van der Waals surface area contributed by atoms with Crippen LogP contribution in [0.2, 0.25) is 0 Å². The van der Waals surface area contributed by atoms with Gasteiger partial charge < -0.3 is 20.7 Å². The molecule has 6 heteroatoms. The lowest BCUT2D eigenvalue weighted by atomic mass is 9.43. The first-order valence-corrected chi connectivity index (χ1v) is 12.9. The lowest BCUT2D eigenvalue weighted by Crippen LogP contribution is -2.58. The summed E-state index contributed by atoms with van der Waals surface area (Å²) < 4.78 is 5.58. The minimum absolute atomic E-state index is 0.0623. The number of aliphatic hydroxyl groups is 1. The second-order valence-corrected chi connectivity index (χ2v) is 12.0. The molecular weight excluding hydrogens is 406 g/mol. The van der Waals surface area contributed by atoms with Gasteiger partial charge in [0.05, 0.1) is 12.6 Å². The van der Waals surface area contributed by atoms with Crippen molar-refractivity contribution in [1.82, 2.24) is 0 Å². The lowest BCUT2D eigenvalue weighted by molar-refractivity contribution is -0.182. The van der Waals surface area contributed by atoms with Gasteiger partial charge in [0, 0.05) is 6.42 Å². The third-order valence-corrected chi connectivity index (χ3v) is 10.7. The third kappa shape index (κ3) is 4.00. The second kappa shape index (κ2) is 8.90. The number of esters is 1. The van der Waals surface area contributed by atoms with Gasteiger partial charge in [-0.05, 0) is 104 Å². The Morgan fingerprint density at radius 2 is 1.75 bits per heavy atom. The Morgan fingerprint density at radius 1 is 1.06 bits per heavy atom. The van der Waals surface area contributed by atoms with Crippen LogP contribution in [0.15, 0.2) is 0 Å². The summed E-state index contributed by atoms with van der Waals surface area (Å²) in [7, 11) is 0. The van der Waals surface area contributed by atoms with Crippen molar-refractivity contribution in [3.05, 3.63) is 0 Å². The Balaban J connectivity index is 1.50. The van der Waals surface area contributed by atoms with Gasteiger partial charge in [-0.25, -0.2) is 0 Å². The maximum atomic E-state index is 11.7. The molecule has 0 saturated heterocycles. The summed E-state index contributed by atoms with van der Waals surface area (Å²) in [6.45, 7) is 7.05. The summed E-state index contributed by atoms with van der Waals surface area (Å²) >= 11 is 0. The van der Waals surface area contributed by atoms with Crippen LogP contribution in [-0.4, -0.2) is 40.9 Å². The number of fused-ring (bicyclic) bond motifs is 5. The monoisotopic (exact) mass is 449 g/mol. The summed E-state index contributed by atoms with van der Waals surface area (Å²) in [5, 5.41) is 20.6. The molecule has 4 saturated carbocycles. The average Bonchev–Trinajstić information content (AvgIpc) is 3.10. The predicted molar refractivity (Wildman–Crippen MR) is 122 cm³/mol. The number of carboxylic acid groups (broad SMARTS) is 1. The van der Waals surface area contributed by atoms with Gasteiger partial charge in [-0.15, -0.1) is 0 Å². The van der Waals surface area contributed by atoms with Crippen LogP contribution >= 0.6 is 0 Å². The molecule has 0 aliphatic heterocycles. The highest BCUT2D eigenvalue weighted by Crippen LogP contribution is 2.68. The molecular formula is C26H43NO5. The van der Waals surface area contributed by atoms with E-state index in [0.717, 1.165) is 51.4 Å². The highest BCUT2D eigenvalue weighted by atomic mass is 16.5. The van der Waals surface area contributed by atoms with Gasteiger partial charge in [-0.3, -0.25) is 9.59 Å². The first-order valence-electron chi connectivity index (χ1n) is 12.9. The van der Waals surface area contributed by atoms with Crippen molar-refractivity contribution >= 4 is 11.9 Å². The Hall–Kier alpha value is -1.14. The normalized spacial score (nSPS) is 46.5. The van der Waals surface area contributed by atoms with Crippen molar-refractivity contribution in [3.8, 4) is 0 Å². The van der Waals surface area contributed by atoms with Gasteiger partial charge in [0.2, 0.25) is 0 Å². The molecule has 4 N–H and O–H groups in total. The molecule has 4 aliphatic rings. The zero-order valence-corrected chi connectivity index (χ0v) is 20.1. The lowest BCUT2D eigenvalue weighted by Gasteiger charge is -2.62. The Kier molecular flexibility index (Phi) is 6.68. The Labute approximate surface area is 192 Å². The van der Waals surface area contributed by atoms with E-state index in [1.807, 2.05) is 0 Å². The zero-order chi connectivity index (χ0) is 23.3. The maximum absolute atomic E-state index is 11.7. The van der Waals surface area contributed by atoms with Crippen molar-refractivity contribution in [2.75, 3.05) is 6.54 Å². The number of carbonyl (C=O) groups excluding carboxylic acids is 1. The van der Waals surface area contributed by atoms with Gasteiger partial charge in [0.15, 0.2) is 0 Å². The van der Waals surface area contributed by atoms with Crippen molar-refractivity contribution in [2.24, 2.45) is 52.1 Å². The van der Waals surface area contributed by atoms with Crippen LogP contribution in [0.25, 0.3) is 0 Å². The largest absolute Gasteiger partial charge is 0.481 e. The van der Waals surface area contributed by atoms with E-state index in [4.69, 9.17) is 15.6 Å². The number of hydrogen-bond acceptors (Lipinski definition) is 5. The van der Waals surface area contributed by atoms with Crippen LogP contribution in [0.5, 0.6) is 0 Å². The molecule has 4 rings (SSSR count). The van der Waals surface area contributed by atoms with Crippen molar-refractivity contribution in [2.45, 2.75) is 97.2 Å². The van der Waals surface area contributed by atoms with Gasteiger partial charge in [0.25, 0.3) is 0 Å². The molecule has 32 heavy (non-hydrogen) atoms. The maximum Gasteiger partial charge on any atom is 0.319 e. The fourth-order valence-corrected chi connectivity index (χ4v) is 9.05. The van der Waals surface area contributed by atoms with Crippen molar-refractivity contribution in [3.63, 3.8) is 0 Å². The third-order valence-electron chi connectivity index (χ3n) is 10.7. The van der Waals surface area contributed by atoms with Gasteiger partial charge in [0.1, 0.15) is 6.10 Å². The number of nitrogens with two attached hydrogens (primary N) is 1. The number of rotatable bonds is 6. The van der Waals surface area contributed by atoms with Crippen LogP contribution in [0.3, 0.4) is 0 Å². The molecule has 10 atom stereocenters. The van der Waals surface area contributed by atoms with Crippen LogP contribution in [0, 0.1) is 46.3 Å². The first kappa shape index (κ1) is 24.0. The summed E-state index contributed by atoms with van der Waals surface area (Å²) in [5.41, 5.74) is 5.84. The molecule has 0 aromatic heterocycles. The van der Waals surface area contributed by atoms with E-state index in [0.29, 0.717) is 35.5 Å². The summed E-state index contributed by atoms with van der Waals surface area (Å²) in [5.74, 6) is 1.72. The molecule has 4 aliphatic carbocycles. The van der Waals surface area contributed by atoms with Crippen molar-refractivity contribution < 1.29 is 24.5 Å². The minimum Gasteiger partial charge on any atom is -0.481 e. The fraction of sp³-hybridized carbons (Fsp3) is 0.923. The smallest absolute Gasteiger partial charge is 0.319 e. The van der Waals surface area contributed by atoms with Gasteiger partial charge in [-0.1, -0.05) is 20.8 Å². The van der Waals surface area contributed by atoms with Crippen molar-refractivity contribution in [1.29, 1.82) is 0 Å². The van der Waals surface area contributed by atoms with Gasteiger partial charge >= 0.3 is 11.9 Å². The first-order chi connectivity index (χ1) is 15.1. The summed E-state index contributed by atoms with van der Waals surface area (Å²) in [6, 6.07) is 0. The van der Waals surface area contributed by atoms with Gasteiger partial charge in [-0.2, -0.15) is 0 Å². The molecule has 6 nitrogen and oxygen atoms in total. The number of aliphatic carboxylic acids is 1. The molecule has 0 amide bonds. The number of ether oxygens (including phenoxy) is 1. The molecule has 0 aromatic rings. The van der Waals surface area contributed by atoms with Crippen LogP contribution in [-0.2, 0) is 14.3 Å². The molecule has 0 heterocycles. The summed E-state index contributed by atoms with van der Waals surface area (Å²) in [6.07, 6.45) is 8.91. The van der Waals surface area contributed by atoms with Crippen LogP contribution in [0.4, 0.5) is 0 Å². The Bertz CT molecular complexity index is 727. The van der Waals surface area contributed by atoms with E-state index >= 15 is 0 Å². The zero-order valence-electron chi connectivity index (χ0n) is 20.1. The van der Waals surface area contributed by atoms with E-state index in [9.17, 15) is 14.7 Å². The Morgan fingerprint density at radius 3 is 2.44 bits per heavy atom. The number of hydrogen-bond donors (Lipinski definition) is 3. The number of aliphatic hydroxyl groups excluding tert-OH is 1. The second-order valence-electron chi connectivity index (χ2n) is 12.0. The molecule has 1 unspecified atom stereocenters. The number of carboxylic acids is 1. The highest BCUT2D eigenvalue weighted by Gasteiger charge is 2.63. The quantitative estimate of drug-likeness (QED) is 0.529. The predicted octanol–water partition coefficient (Wildman–Crippen LogP) is 3.99. The van der Waals surface area contributed by atoms with Crippen LogP contribution in [0.1, 0.15) is 85.0 Å². The molecule has 182 valence electrons. The molecule has 0 spiro atoms. The van der Waals surface area contributed by atoms with E-state index < -0.39 is 5.97 Å². The molecule has 0 bridgehead atoms. The molecule has 0 aromatic carbocycles. The van der Waals surface area contributed by atoms with E-state index in [1.54, 1.807) is 0 Å². The standard InChI is InChI=1S/C26H43NO5/c1-15(4-7-22(29)30)18-5-6-19-24-20(9-11-26(18,19)3)25(2)10-8-17(32-23(31)14-27)12-16(25)13-21(24)28/h15-21,24,28H,4-14,27H2,1-3H3,(H,29,30)/t15-,16?,17-,18-,19+,20+,21-,24+,25+,26-/m1/s1. The topological polar surface area (TPSA) is 110 Å². The SMILES string of the molecule is C[C@H](CCC(=O)O)[C@H]1CC[C@H]2[C@@H]3[C@H](O)CC4C[C@H](OC(=O)CN)CC[C@]4(C)[C@H]3CC[C@]12C. The number of carbonyl (C=O) groups is 2. The van der Waals surface area contributed by atoms with E-state index in [1.165, 1.54) is 6.42 Å². The van der Waals surface area contributed by atoms with E-state index in [2.05, 4.69) is 20.8 Å². The molecule has 0 radical (unpaired) electrons. The average molecular weight is 450 g/mol. The minimum atomic E-state index is -0.699. The van der Waals surface area contributed by atoms with Crippen LogP contribution < -0.4 is 5.73 Å².